The zero-order chi connectivity index (χ0) is 17.2. The Balaban J connectivity index is 1.45. The first kappa shape index (κ1) is 16.9. The number of benzene rings is 1. The minimum Gasteiger partial charge on any atom is -0.378 e. The minimum atomic E-state index is 0.369. The topological polar surface area (TPSA) is 41.5 Å². The SMILES string of the molecule is CC(C)Cc1nnc(N2CCN3[C@@H](COC[C@@H]3c3ccccc3)C2)s1. The number of anilines is 1. The second kappa shape index (κ2) is 7.40. The summed E-state index contributed by atoms with van der Waals surface area (Å²) in [5.74, 6) is 0.621. The van der Waals surface area contributed by atoms with Crippen LogP contribution in [0.2, 0.25) is 0 Å². The molecule has 3 heterocycles. The van der Waals surface area contributed by atoms with E-state index in [1.807, 2.05) is 0 Å². The van der Waals surface area contributed by atoms with E-state index in [4.69, 9.17) is 4.74 Å². The lowest BCUT2D eigenvalue weighted by molar-refractivity contribution is -0.0547. The number of ether oxygens (including phenoxy) is 1. The molecule has 2 aromatic rings. The van der Waals surface area contributed by atoms with Gasteiger partial charge in [0.15, 0.2) is 0 Å². The maximum Gasteiger partial charge on any atom is 0.208 e. The molecule has 2 atom stereocenters. The highest BCUT2D eigenvalue weighted by molar-refractivity contribution is 7.15. The van der Waals surface area contributed by atoms with Gasteiger partial charge < -0.3 is 9.64 Å². The molecule has 0 saturated carbocycles. The van der Waals surface area contributed by atoms with Gasteiger partial charge in [-0.1, -0.05) is 55.5 Å². The fourth-order valence-corrected chi connectivity index (χ4v) is 4.87. The molecule has 0 aliphatic carbocycles. The molecule has 0 radical (unpaired) electrons. The molecule has 2 aliphatic heterocycles. The van der Waals surface area contributed by atoms with Gasteiger partial charge in [0.05, 0.1) is 25.3 Å². The number of morpholine rings is 1. The second-order valence-corrected chi connectivity index (χ2v) is 8.42. The van der Waals surface area contributed by atoms with Crippen LogP contribution in [0.15, 0.2) is 30.3 Å². The molecule has 0 amide bonds. The first-order valence-electron chi connectivity index (χ1n) is 9.16. The highest BCUT2D eigenvalue weighted by atomic mass is 32.1. The third-order valence-corrected chi connectivity index (χ3v) is 6.01. The Hall–Kier alpha value is -1.50. The molecule has 1 aromatic carbocycles. The van der Waals surface area contributed by atoms with Gasteiger partial charge in [0.2, 0.25) is 5.13 Å². The Kier molecular flexibility index (Phi) is 5.01. The van der Waals surface area contributed by atoms with Crippen LogP contribution in [0.4, 0.5) is 5.13 Å². The molecule has 2 fully saturated rings. The van der Waals surface area contributed by atoms with Crippen molar-refractivity contribution in [1.29, 1.82) is 0 Å². The van der Waals surface area contributed by atoms with Crippen molar-refractivity contribution in [3.05, 3.63) is 40.9 Å². The van der Waals surface area contributed by atoms with Crippen LogP contribution in [0.1, 0.15) is 30.5 Å². The number of aromatic nitrogens is 2. The standard InChI is InChI=1S/C19H26N4OS/c1-14(2)10-18-20-21-19(25-18)22-8-9-23-16(11-22)12-24-13-17(23)15-6-4-3-5-7-15/h3-7,14,16-17H,8-13H2,1-2H3/t16-,17-/m1/s1. The van der Waals surface area contributed by atoms with Gasteiger partial charge >= 0.3 is 0 Å². The zero-order valence-electron chi connectivity index (χ0n) is 15.0. The van der Waals surface area contributed by atoms with Crippen LogP contribution in [0.5, 0.6) is 0 Å². The van der Waals surface area contributed by atoms with Gasteiger partial charge in [0, 0.05) is 26.1 Å². The van der Waals surface area contributed by atoms with Crippen LogP contribution < -0.4 is 4.90 Å². The fourth-order valence-electron chi connectivity index (χ4n) is 3.78. The molecular weight excluding hydrogens is 332 g/mol. The van der Waals surface area contributed by atoms with Crippen LogP contribution in [-0.2, 0) is 11.2 Å². The van der Waals surface area contributed by atoms with E-state index in [1.54, 1.807) is 11.3 Å². The highest BCUT2D eigenvalue weighted by Gasteiger charge is 2.37. The number of nitrogens with zero attached hydrogens (tertiary/aromatic N) is 4. The normalized spacial score (nSPS) is 24.5. The summed E-state index contributed by atoms with van der Waals surface area (Å²) in [7, 11) is 0. The molecular formula is C19H26N4OS. The minimum absolute atomic E-state index is 0.369. The van der Waals surface area contributed by atoms with E-state index in [-0.39, 0.29) is 0 Å². The van der Waals surface area contributed by atoms with Gasteiger partial charge in [0.25, 0.3) is 0 Å². The van der Waals surface area contributed by atoms with Crippen molar-refractivity contribution in [3.63, 3.8) is 0 Å². The molecule has 134 valence electrons. The summed E-state index contributed by atoms with van der Waals surface area (Å²) in [6, 6.07) is 11.5. The van der Waals surface area contributed by atoms with Crippen LogP contribution in [-0.4, -0.2) is 54.0 Å². The lowest BCUT2D eigenvalue weighted by Crippen LogP contribution is -2.59. The van der Waals surface area contributed by atoms with Gasteiger partial charge in [-0.15, -0.1) is 10.2 Å². The number of hydrogen-bond donors (Lipinski definition) is 0. The van der Waals surface area contributed by atoms with E-state index < -0.39 is 0 Å². The third-order valence-electron chi connectivity index (χ3n) is 5.01. The molecule has 5 nitrogen and oxygen atoms in total. The Morgan fingerprint density at radius 1 is 1.16 bits per heavy atom. The largest absolute Gasteiger partial charge is 0.378 e. The van der Waals surface area contributed by atoms with E-state index in [1.165, 1.54) is 5.56 Å². The Bertz CT molecular complexity index is 690. The summed E-state index contributed by atoms with van der Waals surface area (Å²) in [5.41, 5.74) is 1.36. The van der Waals surface area contributed by atoms with Crippen molar-refractivity contribution < 1.29 is 4.74 Å². The lowest BCUT2D eigenvalue weighted by Gasteiger charge is -2.48. The van der Waals surface area contributed by atoms with Crippen molar-refractivity contribution in [2.75, 3.05) is 37.7 Å². The smallest absolute Gasteiger partial charge is 0.208 e. The average molecular weight is 359 g/mol. The Morgan fingerprint density at radius 3 is 2.80 bits per heavy atom. The Labute approximate surface area is 153 Å². The summed E-state index contributed by atoms with van der Waals surface area (Å²) in [6.07, 6.45) is 1.01. The third kappa shape index (κ3) is 3.71. The summed E-state index contributed by atoms with van der Waals surface area (Å²) in [6.45, 7) is 9.07. The predicted molar refractivity (Wildman–Crippen MR) is 101 cm³/mol. The van der Waals surface area contributed by atoms with Crippen molar-refractivity contribution in [1.82, 2.24) is 15.1 Å². The zero-order valence-corrected chi connectivity index (χ0v) is 15.8. The average Bonchev–Trinajstić information content (AvgIpc) is 3.09. The molecule has 6 heteroatoms. The van der Waals surface area contributed by atoms with Gasteiger partial charge in [-0.25, -0.2) is 0 Å². The maximum atomic E-state index is 5.95. The summed E-state index contributed by atoms with van der Waals surface area (Å²) < 4.78 is 5.95. The summed E-state index contributed by atoms with van der Waals surface area (Å²) in [4.78, 5) is 5.00. The molecule has 1 aromatic heterocycles. The van der Waals surface area contributed by atoms with Crippen LogP contribution >= 0.6 is 11.3 Å². The van der Waals surface area contributed by atoms with E-state index in [0.29, 0.717) is 18.0 Å². The van der Waals surface area contributed by atoms with Gasteiger partial charge in [-0.3, -0.25) is 4.90 Å². The van der Waals surface area contributed by atoms with Gasteiger partial charge in [-0.05, 0) is 11.5 Å². The van der Waals surface area contributed by atoms with Crippen LogP contribution in [0, 0.1) is 5.92 Å². The van der Waals surface area contributed by atoms with E-state index in [0.717, 1.165) is 49.4 Å². The molecule has 0 spiro atoms. The molecule has 0 N–H and O–H groups in total. The summed E-state index contributed by atoms with van der Waals surface area (Å²) in [5, 5.41) is 11.0. The van der Waals surface area contributed by atoms with E-state index >= 15 is 0 Å². The first-order chi connectivity index (χ1) is 12.2. The van der Waals surface area contributed by atoms with Crippen LogP contribution in [0.3, 0.4) is 0 Å². The van der Waals surface area contributed by atoms with Crippen molar-refractivity contribution in [2.45, 2.75) is 32.4 Å². The van der Waals surface area contributed by atoms with Crippen molar-refractivity contribution in [3.8, 4) is 0 Å². The van der Waals surface area contributed by atoms with Crippen molar-refractivity contribution >= 4 is 16.5 Å². The number of fused-ring (bicyclic) bond motifs is 1. The van der Waals surface area contributed by atoms with Crippen molar-refractivity contribution in [2.24, 2.45) is 5.92 Å². The molecule has 2 aliphatic rings. The maximum absolute atomic E-state index is 5.95. The van der Waals surface area contributed by atoms with Crippen LogP contribution in [0.25, 0.3) is 0 Å². The summed E-state index contributed by atoms with van der Waals surface area (Å²) >= 11 is 1.75. The number of rotatable bonds is 4. The molecule has 2 saturated heterocycles. The fraction of sp³-hybridized carbons (Fsp3) is 0.579. The quantitative estimate of drug-likeness (QED) is 0.840. The monoisotopic (exact) mass is 358 g/mol. The second-order valence-electron chi connectivity index (χ2n) is 7.38. The van der Waals surface area contributed by atoms with Gasteiger partial charge in [-0.2, -0.15) is 0 Å². The molecule has 0 bridgehead atoms. The Morgan fingerprint density at radius 2 is 2.00 bits per heavy atom. The lowest BCUT2D eigenvalue weighted by atomic mass is 10.0. The highest BCUT2D eigenvalue weighted by Crippen LogP contribution is 2.32. The molecule has 4 rings (SSSR count). The molecule has 25 heavy (non-hydrogen) atoms. The van der Waals surface area contributed by atoms with Gasteiger partial charge in [0.1, 0.15) is 5.01 Å². The number of piperazine rings is 1. The van der Waals surface area contributed by atoms with E-state index in [9.17, 15) is 0 Å². The predicted octanol–water partition coefficient (Wildman–Crippen LogP) is 3.00. The van der Waals surface area contributed by atoms with E-state index in [2.05, 4.69) is 64.2 Å². The molecule has 0 unspecified atom stereocenters. The number of hydrogen-bond acceptors (Lipinski definition) is 6. The first-order valence-corrected chi connectivity index (χ1v) is 9.98.